The summed E-state index contributed by atoms with van der Waals surface area (Å²) in [4.78, 5) is 0. The number of nitrogens with one attached hydrogen (secondary N) is 1. The second-order valence-corrected chi connectivity index (χ2v) is 5.86. The minimum Gasteiger partial charge on any atom is -0.314 e. The molecule has 1 nitrogen and oxygen atoms in total. The van der Waals surface area contributed by atoms with Crippen LogP contribution < -0.4 is 5.32 Å². The molecule has 0 aromatic heterocycles. The van der Waals surface area contributed by atoms with Gasteiger partial charge >= 0.3 is 0 Å². The summed E-state index contributed by atoms with van der Waals surface area (Å²) in [5, 5.41) is 3.78. The van der Waals surface area contributed by atoms with Gasteiger partial charge in [-0.3, -0.25) is 0 Å². The topological polar surface area (TPSA) is 12.0 Å². The van der Waals surface area contributed by atoms with Crippen molar-refractivity contribution in [2.75, 3.05) is 6.54 Å². The fourth-order valence-corrected chi connectivity index (χ4v) is 2.51. The average Bonchev–Trinajstić information content (AvgIpc) is 2.44. The molecule has 0 bridgehead atoms. The molecule has 1 unspecified atom stereocenters. The molecule has 3 heteroatoms. The SMILES string of the molecule is CCCCCCC(Cc1ccc(Cl)c(F)c1)NCCC. The molecule has 1 rings (SSSR count). The maximum Gasteiger partial charge on any atom is 0.142 e. The van der Waals surface area contributed by atoms with Crippen molar-refractivity contribution < 1.29 is 4.39 Å². The molecule has 0 saturated carbocycles. The molecule has 20 heavy (non-hydrogen) atoms. The Labute approximate surface area is 127 Å². The van der Waals surface area contributed by atoms with Gasteiger partial charge in [0, 0.05) is 6.04 Å². The Morgan fingerprint density at radius 3 is 2.60 bits per heavy atom. The van der Waals surface area contributed by atoms with E-state index in [9.17, 15) is 4.39 Å². The highest BCUT2D eigenvalue weighted by Crippen LogP contribution is 2.18. The van der Waals surface area contributed by atoms with Crippen molar-refractivity contribution in [2.45, 2.75) is 64.8 Å². The summed E-state index contributed by atoms with van der Waals surface area (Å²) in [6.07, 6.45) is 8.25. The lowest BCUT2D eigenvalue weighted by Crippen LogP contribution is -2.31. The summed E-state index contributed by atoms with van der Waals surface area (Å²) in [5.74, 6) is -0.315. The smallest absolute Gasteiger partial charge is 0.142 e. The third-order valence-electron chi connectivity index (χ3n) is 3.56. The Balaban J connectivity index is 2.51. The quantitative estimate of drug-likeness (QED) is 0.573. The number of hydrogen-bond donors (Lipinski definition) is 1. The van der Waals surface area contributed by atoms with Crippen LogP contribution >= 0.6 is 11.6 Å². The summed E-state index contributed by atoms with van der Waals surface area (Å²) in [7, 11) is 0. The van der Waals surface area contributed by atoms with Crippen molar-refractivity contribution in [3.8, 4) is 0 Å². The Hall–Kier alpha value is -0.600. The summed E-state index contributed by atoms with van der Waals surface area (Å²) in [6, 6.07) is 5.58. The van der Waals surface area contributed by atoms with E-state index < -0.39 is 0 Å². The van der Waals surface area contributed by atoms with E-state index in [1.807, 2.05) is 6.07 Å². The molecule has 0 aliphatic rings. The van der Waals surface area contributed by atoms with Crippen molar-refractivity contribution in [1.29, 1.82) is 0 Å². The third kappa shape index (κ3) is 6.71. The van der Waals surface area contributed by atoms with Gasteiger partial charge in [0.2, 0.25) is 0 Å². The standard InChI is InChI=1S/C17H27ClFN/c1-3-5-6-7-8-15(20-11-4-2)12-14-9-10-16(18)17(19)13-14/h9-10,13,15,20H,3-8,11-12H2,1-2H3. The molecule has 0 radical (unpaired) electrons. The average molecular weight is 300 g/mol. The number of halogens is 2. The summed E-state index contributed by atoms with van der Waals surface area (Å²) in [6.45, 7) is 5.42. The van der Waals surface area contributed by atoms with Crippen LogP contribution in [0.5, 0.6) is 0 Å². The Morgan fingerprint density at radius 2 is 1.95 bits per heavy atom. The van der Waals surface area contributed by atoms with Gasteiger partial charge in [-0.1, -0.05) is 57.2 Å². The number of hydrogen-bond acceptors (Lipinski definition) is 1. The van der Waals surface area contributed by atoms with E-state index in [-0.39, 0.29) is 10.8 Å². The second kappa shape index (κ2) is 10.2. The second-order valence-electron chi connectivity index (χ2n) is 5.45. The molecule has 1 N–H and O–H groups in total. The van der Waals surface area contributed by atoms with Crippen LogP contribution in [-0.2, 0) is 6.42 Å². The molecule has 0 aliphatic heterocycles. The summed E-state index contributed by atoms with van der Waals surface area (Å²) < 4.78 is 13.5. The number of rotatable bonds is 10. The first-order valence-electron chi connectivity index (χ1n) is 7.84. The zero-order chi connectivity index (χ0) is 14.8. The maximum atomic E-state index is 13.5. The van der Waals surface area contributed by atoms with Crippen LogP contribution in [0.25, 0.3) is 0 Å². The zero-order valence-corrected chi connectivity index (χ0v) is 13.5. The van der Waals surface area contributed by atoms with E-state index in [4.69, 9.17) is 11.6 Å². The molecule has 114 valence electrons. The molecule has 0 heterocycles. The molecule has 0 spiro atoms. The zero-order valence-electron chi connectivity index (χ0n) is 12.7. The van der Waals surface area contributed by atoms with E-state index >= 15 is 0 Å². The first kappa shape index (κ1) is 17.5. The van der Waals surface area contributed by atoms with Gasteiger partial charge in [-0.2, -0.15) is 0 Å². The van der Waals surface area contributed by atoms with Crippen LogP contribution in [0.4, 0.5) is 4.39 Å². The highest BCUT2D eigenvalue weighted by molar-refractivity contribution is 6.30. The molecule has 1 atom stereocenters. The van der Waals surface area contributed by atoms with E-state index in [1.54, 1.807) is 12.1 Å². The summed E-state index contributed by atoms with van der Waals surface area (Å²) in [5.41, 5.74) is 1.02. The minimum absolute atomic E-state index is 0.203. The number of unbranched alkanes of at least 4 members (excludes halogenated alkanes) is 3. The van der Waals surface area contributed by atoms with Crippen LogP contribution in [0.15, 0.2) is 18.2 Å². The van der Waals surface area contributed by atoms with E-state index in [2.05, 4.69) is 19.2 Å². The molecular weight excluding hydrogens is 273 g/mol. The third-order valence-corrected chi connectivity index (χ3v) is 3.86. The normalized spacial score (nSPS) is 12.6. The van der Waals surface area contributed by atoms with Crippen LogP contribution in [0.3, 0.4) is 0 Å². The fraction of sp³-hybridized carbons (Fsp3) is 0.647. The molecule has 1 aromatic rings. The molecule has 1 aromatic carbocycles. The van der Waals surface area contributed by atoms with Crippen LogP contribution in [-0.4, -0.2) is 12.6 Å². The fourth-order valence-electron chi connectivity index (χ4n) is 2.39. The molecule has 0 aliphatic carbocycles. The van der Waals surface area contributed by atoms with Gasteiger partial charge in [0.15, 0.2) is 0 Å². The van der Waals surface area contributed by atoms with Crippen molar-refractivity contribution in [1.82, 2.24) is 5.32 Å². The highest BCUT2D eigenvalue weighted by Gasteiger charge is 2.10. The van der Waals surface area contributed by atoms with Crippen molar-refractivity contribution in [3.05, 3.63) is 34.6 Å². The Morgan fingerprint density at radius 1 is 1.15 bits per heavy atom. The van der Waals surface area contributed by atoms with Gasteiger partial charge in [0.25, 0.3) is 0 Å². The maximum absolute atomic E-state index is 13.5. The predicted molar refractivity (Wildman–Crippen MR) is 86.0 cm³/mol. The van der Waals surface area contributed by atoms with Crippen molar-refractivity contribution in [2.24, 2.45) is 0 Å². The molecule has 0 saturated heterocycles. The van der Waals surface area contributed by atoms with Crippen molar-refractivity contribution in [3.63, 3.8) is 0 Å². The van der Waals surface area contributed by atoms with E-state index in [1.165, 1.54) is 25.7 Å². The molecule has 0 fully saturated rings. The van der Waals surface area contributed by atoms with Gasteiger partial charge in [-0.25, -0.2) is 4.39 Å². The van der Waals surface area contributed by atoms with Gasteiger partial charge in [-0.05, 0) is 43.5 Å². The minimum atomic E-state index is -0.315. The van der Waals surface area contributed by atoms with E-state index in [0.29, 0.717) is 6.04 Å². The summed E-state index contributed by atoms with van der Waals surface area (Å²) >= 11 is 5.73. The lowest BCUT2D eigenvalue weighted by molar-refractivity contribution is 0.452. The van der Waals surface area contributed by atoms with E-state index in [0.717, 1.165) is 31.4 Å². The largest absolute Gasteiger partial charge is 0.314 e. The highest BCUT2D eigenvalue weighted by atomic mass is 35.5. The molecular formula is C17H27ClFN. The van der Waals surface area contributed by atoms with Gasteiger partial charge in [0.05, 0.1) is 5.02 Å². The van der Waals surface area contributed by atoms with Gasteiger partial charge < -0.3 is 5.32 Å². The monoisotopic (exact) mass is 299 g/mol. The lowest BCUT2D eigenvalue weighted by atomic mass is 9.99. The van der Waals surface area contributed by atoms with Gasteiger partial charge in [-0.15, -0.1) is 0 Å². The van der Waals surface area contributed by atoms with Crippen LogP contribution in [0.1, 0.15) is 57.9 Å². The Kier molecular flexibility index (Phi) is 8.88. The first-order valence-corrected chi connectivity index (χ1v) is 8.22. The Bertz CT molecular complexity index is 381. The molecule has 0 amide bonds. The van der Waals surface area contributed by atoms with Crippen LogP contribution in [0.2, 0.25) is 5.02 Å². The number of benzene rings is 1. The first-order chi connectivity index (χ1) is 9.67. The van der Waals surface area contributed by atoms with Gasteiger partial charge in [0.1, 0.15) is 5.82 Å². The lowest BCUT2D eigenvalue weighted by Gasteiger charge is -2.19. The predicted octanol–water partition coefficient (Wildman–Crippen LogP) is 5.36. The van der Waals surface area contributed by atoms with Crippen molar-refractivity contribution >= 4 is 11.6 Å². The van der Waals surface area contributed by atoms with Crippen LogP contribution in [0, 0.1) is 5.82 Å².